The monoisotopic (exact) mass is 237 g/mol. The van der Waals surface area contributed by atoms with Crippen LogP contribution in [0.3, 0.4) is 0 Å². The van der Waals surface area contributed by atoms with Crippen LogP contribution < -0.4 is 5.73 Å². The molecule has 1 aliphatic rings. The smallest absolute Gasteiger partial charge is 0.146 e. The van der Waals surface area contributed by atoms with Gasteiger partial charge >= 0.3 is 0 Å². The third kappa shape index (κ3) is 2.96. The first kappa shape index (κ1) is 12.3. The van der Waals surface area contributed by atoms with Gasteiger partial charge in [-0.1, -0.05) is 19.1 Å². The zero-order valence-electron chi connectivity index (χ0n) is 10.3. The Morgan fingerprint density at radius 3 is 2.47 bits per heavy atom. The number of hydrogen-bond donors (Lipinski definition) is 1. The van der Waals surface area contributed by atoms with Crippen LogP contribution in [0.5, 0.6) is 0 Å². The van der Waals surface area contributed by atoms with Crippen molar-refractivity contribution < 1.29 is 4.39 Å². The van der Waals surface area contributed by atoms with Crippen molar-refractivity contribution in [2.24, 2.45) is 0 Å². The lowest BCUT2D eigenvalue weighted by atomic mass is 10.1. The van der Waals surface area contributed by atoms with Crippen LogP contribution in [-0.2, 0) is 6.54 Å². The first-order chi connectivity index (χ1) is 8.20. The number of rotatable bonds is 3. The van der Waals surface area contributed by atoms with E-state index < -0.39 is 0 Å². The molecule has 0 radical (unpaired) electrons. The third-order valence-electron chi connectivity index (χ3n) is 3.45. The zero-order valence-corrected chi connectivity index (χ0v) is 10.3. The normalized spacial score (nSPS) is 18.5. The van der Waals surface area contributed by atoms with Gasteiger partial charge in [0.2, 0.25) is 0 Å². The highest BCUT2D eigenvalue weighted by atomic mass is 19.1. The average Bonchev–Trinajstić information content (AvgIpc) is 2.36. The molecule has 1 saturated heterocycles. The summed E-state index contributed by atoms with van der Waals surface area (Å²) in [5.41, 5.74) is 6.94. The summed E-state index contributed by atoms with van der Waals surface area (Å²) in [7, 11) is 0. The van der Waals surface area contributed by atoms with Gasteiger partial charge < -0.3 is 10.6 Å². The van der Waals surface area contributed by atoms with Crippen molar-refractivity contribution in [1.29, 1.82) is 0 Å². The van der Waals surface area contributed by atoms with E-state index >= 15 is 0 Å². The van der Waals surface area contributed by atoms with Crippen molar-refractivity contribution >= 4 is 5.69 Å². The molecule has 94 valence electrons. The standard InChI is InChI=1S/C13H20FN3/c1-2-16-6-8-17(9-7-16)10-11-4-3-5-12(14)13(11)15/h3-5H,2,6-10,15H2,1H3. The fourth-order valence-electron chi connectivity index (χ4n) is 2.22. The number of anilines is 1. The van der Waals surface area contributed by atoms with Gasteiger partial charge in [0, 0.05) is 32.7 Å². The molecule has 0 unspecified atom stereocenters. The molecule has 0 aromatic heterocycles. The lowest BCUT2D eigenvalue weighted by Gasteiger charge is -2.34. The molecule has 0 atom stereocenters. The van der Waals surface area contributed by atoms with Crippen molar-refractivity contribution in [1.82, 2.24) is 9.80 Å². The SMILES string of the molecule is CCN1CCN(Cc2cccc(F)c2N)CC1. The van der Waals surface area contributed by atoms with E-state index in [0.717, 1.165) is 44.8 Å². The van der Waals surface area contributed by atoms with Crippen LogP contribution in [0.1, 0.15) is 12.5 Å². The fraction of sp³-hybridized carbons (Fsp3) is 0.538. The van der Waals surface area contributed by atoms with Gasteiger partial charge in [-0.3, -0.25) is 4.90 Å². The first-order valence-electron chi connectivity index (χ1n) is 6.18. The minimum absolute atomic E-state index is 0.297. The highest BCUT2D eigenvalue weighted by molar-refractivity contribution is 5.47. The Labute approximate surface area is 102 Å². The van der Waals surface area contributed by atoms with Gasteiger partial charge in [0.15, 0.2) is 0 Å². The van der Waals surface area contributed by atoms with Gasteiger partial charge in [0.05, 0.1) is 5.69 Å². The molecule has 2 N–H and O–H groups in total. The second-order valence-electron chi connectivity index (χ2n) is 4.52. The molecule has 0 spiro atoms. The van der Waals surface area contributed by atoms with E-state index in [9.17, 15) is 4.39 Å². The molecule has 0 saturated carbocycles. The van der Waals surface area contributed by atoms with E-state index in [1.165, 1.54) is 6.07 Å². The minimum atomic E-state index is -0.310. The third-order valence-corrected chi connectivity index (χ3v) is 3.45. The van der Waals surface area contributed by atoms with E-state index in [-0.39, 0.29) is 5.82 Å². The average molecular weight is 237 g/mol. The maximum absolute atomic E-state index is 13.3. The van der Waals surface area contributed by atoms with Crippen LogP contribution in [0.2, 0.25) is 0 Å². The quantitative estimate of drug-likeness (QED) is 0.810. The highest BCUT2D eigenvalue weighted by Gasteiger charge is 2.16. The summed E-state index contributed by atoms with van der Waals surface area (Å²) >= 11 is 0. The van der Waals surface area contributed by atoms with E-state index in [2.05, 4.69) is 16.7 Å². The number of hydrogen-bond acceptors (Lipinski definition) is 3. The van der Waals surface area contributed by atoms with E-state index in [4.69, 9.17) is 5.73 Å². The Balaban J connectivity index is 1.95. The van der Waals surface area contributed by atoms with E-state index in [1.54, 1.807) is 6.07 Å². The molecule has 1 aromatic rings. The molecule has 0 aliphatic carbocycles. The van der Waals surface area contributed by atoms with Crippen molar-refractivity contribution in [2.45, 2.75) is 13.5 Å². The molecule has 1 fully saturated rings. The maximum atomic E-state index is 13.3. The summed E-state index contributed by atoms with van der Waals surface area (Å²) in [4.78, 5) is 4.75. The Bertz CT molecular complexity index is 373. The van der Waals surface area contributed by atoms with E-state index in [0.29, 0.717) is 5.69 Å². The summed E-state index contributed by atoms with van der Waals surface area (Å²) in [5.74, 6) is -0.310. The number of likely N-dealkylation sites (N-methyl/N-ethyl adjacent to an activating group) is 1. The maximum Gasteiger partial charge on any atom is 0.146 e. The topological polar surface area (TPSA) is 32.5 Å². The Morgan fingerprint density at radius 1 is 1.18 bits per heavy atom. The summed E-state index contributed by atoms with van der Waals surface area (Å²) in [6.45, 7) is 8.28. The number of benzene rings is 1. The number of nitrogens with two attached hydrogens (primary N) is 1. The molecule has 4 heteroatoms. The molecule has 0 bridgehead atoms. The molecule has 0 amide bonds. The lowest BCUT2D eigenvalue weighted by Crippen LogP contribution is -2.45. The van der Waals surface area contributed by atoms with Crippen LogP contribution in [0.25, 0.3) is 0 Å². The fourth-order valence-corrected chi connectivity index (χ4v) is 2.22. The second-order valence-corrected chi connectivity index (χ2v) is 4.52. The molecule has 1 aromatic carbocycles. The lowest BCUT2D eigenvalue weighted by molar-refractivity contribution is 0.132. The number of nitrogen functional groups attached to an aromatic ring is 1. The molecule has 17 heavy (non-hydrogen) atoms. The molecule has 1 heterocycles. The van der Waals surface area contributed by atoms with Gasteiger partial charge in [-0.2, -0.15) is 0 Å². The first-order valence-corrected chi connectivity index (χ1v) is 6.18. The predicted molar refractivity (Wildman–Crippen MR) is 68.2 cm³/mol. The molecular weight excluding hydrogens is 217 g/mol. The van der Waals surface area contributed by atoms with Crippen LogP contribution >= 0.6 is 0 Å². The van der Waals surface area contributed by atoms with Gasteiger partial charge in [0.25, 0.3) is 0 Å². The molecular formula is C13H20FN3. The van der Waals surface area contributed by atoms with Crippen molar-refractivity contribution in [3.05, 3.63) is 29.6 Å². The number of halogens is 1. The number of nitrogens with zero attached hydrogens (tertiary/aromatic N) is 2. The summed E-state index contributed by atoms with van der Waals surface area (Å²) in [5, 5.41) is 0. The summed E-state index contributed by atoms with van der Waals surface area (Å²) < 4.78 is 13.3. The van der Waals surface area contributed by atoms with Crippen LogP contribution in [-0.4, -0.2) is 42.5 Å². The van der Waals surface area contributed by atoms with Gasteiger partial charge in [-0.15, -0.1) is 0 Å². The Hall–Kier alpha value is -1.13. The highest BCUT2D eigenvalue weighted by Crippen LogP contribution is 2.18. The van der Waals surface area contributed by atoms with Crippen molar-refractivity contribution in [3.8, 4) is 0 Å². The zero-order chi connectivity index (χ0) is 12.3. The van der Waals surface area contributed by atoms with Gasteiger partial charge in [-0.05, 0) is 18.2 Å². The van der Waals surface area contributed by atoms with Crippen molar-refractivity contribution in [3.63, 3.8) is 0 Å². The molecule has 1 aliphatic heterocycles. The largest absolute Gasteiger partial charge is 0.396 e. The van der Waals surface area contributed by atoms with Crippen LogP contribution in [0.4, 0.5) is 10.1 Å². The Kier molecular flexibility index (Phi) is 3.97. The summed E-state index contributed by atoms with van der Waals surface area (Å²) in [6.07, 6.45) is 0. The van der Waals surface area contributed by atoms with Crippen molar-refractivity contribution in [2.75, 3.05) is 38.5 Å². The minimum Gasteiger partial charge on any atom is -0.396 e. The molecule has 2 rings (SSSR count). The summed E-state index contributed by atoms with van der Waals surface area (Å²) in [6, 6.07) is 5.04. The van der Waals surface area contributed by atoms with Crippen LogP contribution in [0.15, 0.2) is 18.2 Å². The second kappa shape index (κ2) is 5.47. The molecule has 3 nitrogen and oxygen atoms in total. The Morgan fingerprint density at radius 2 is 1.82 bits per heavy atom. The van der Waals surface area contributed by atoms with Gasteiger partial charge in [0.1, 0.15) is 5.82 Å². The predicted octanol–water partition coefficient (Wildman–Crippen LogP) is 1.55. The number of piperazine rings is 1. The van der Waals surface area contributed by atoms with Crippen LogP contribution in [0, 0.1) is 5.82 Å². The van der Waals surface area contributed by atoms with Gasteiger partial charge in [-0.25, -0.2) is 4.39 Å². The van der Waals surface area contributed by atoms with E-state index in [1.807, 2.05) is 6.07 Å². The number of para-hydroxylation sites is 1.